The Bertz CT molecular complexity index is 3270. The average Bonchev–Trinajstić information content (AvgIpc) is 3.57. The molecule has 64 heavy (non-hydrogen) atoms. The minimum absolute atomic E-state index is 0.213. The lowest BCUT2D eigenvalue weighted by Gasteiger charge is -2.29. The normalized spacial score (nSPS) is 12.5. The van der Waals surface area contributed by atoms with Crippen molar-refractivity contribution in [1.29, 1.82) is 0 Å². The largest absolute Gasteiger partial charge is 0.310 e. The average molecular weight is 820 g/mol. The number of nitrogens with zero attached hydrogens (tertiary/aromatic N) is 1. The van der Waals surface area contributed by atoms with Crippen LogP contribution in [-0.4, -0.2) is 0 Å². The van der Waals surface area contributed by atoms with Crippen LogP contribution in [0.15, 0.2) is 237 Å². The second kappa shape index (κ2) is 16.5. The van der Waals surface area contributed by atoms with Crippen molar-refractivity contribution in [1.82, 2.24) is 0 Å². The highest BCUT2D eigenvalue weighted by molar-refractivity contribution is 5.98. The Morgan fingerprint density at radius 1 is 0.328 bits per heavy atom. The molecule has 0 bridgehead atoms. The van der Waals surface area contributed by atoms with Crippen LogP contribution in [0.1, 0.15) is 47.2 Å². The van der Waals surface area contributed by atoms with E-state index in [-0.39, 0.29) is 5.41 Å². The molecule has 0 saturated carbocycles. The van der Waals surface area contributed by atoms with Gasteiger partial charge in [0.05, 0.1) is 0 Å². The van der Waals surface area contributed by atoms with Gasteiger partial charge in [0.1, 0.15) is 0 Å². The van der Waals surface area contributed by atoms with Gasteiger partial charge < -0.3 is 4.90 Å². The number of benzene rings is 10. The first-order chi connectivity index (χ1) is 31.5. The Morgan fingerprint density at radius 3 is 1.55 bits per heavy atom. The van der Waals surface area contributed by atoms with Crippen LogP contribution < -0.4 is 4.90 Å². The molecule has 11 rings (SSSR count). The lowest BCUT2D eigenvalue weighted by Crippen LogP contribution is -2.17. The standard InChI is InChI=1S/C63H49N/c1-63(2)61-42-50(57-28-16-25-48-23-12-14-26-55(48)57)31-36-59(61)60-38-35-54(43-62(60)63)64(52-32-29-47(30-33-52)46-21-10-5-11-22-46)53-34-37-58(51(41-53)40-45-19-8-4-9-20-45)56-27-15-13-24-49(56)39-44-17-6-3-7-18-44/h3-38,41-43H,39-40H2,1-2H3. The molecule has 1 nitrogen and oxygen atoms in total. The summed E-state index contributed by atoms with van der Waals surface area (Å²) in [5, 5.41) is 2.55. The Labute approximate surface area is 377 Å². The molecule has 0 saturated heterocycles. The molecule has 0 spiro atoms. The van der Waals surface area contributed by atoms with Crippen molar-refractivity contribution < 1.29 is 0 Å². The smallest absolute Gasteiger partial charge is 0.0465 e. The van der Waals surface area contributed by atoms with E-state index in [1.807, 2.05) is 0 Å². The Morgan fingerprint density at radius 2 is 0.812 bits per heavy atom. The minimum Gasteiger partial charge on any atom is -0.310 e. The van der Waals surface area contributed by atoms with Gasteiger partial charge in [-0.15, -0.1) is 0 Å². The summed E-state index contributed by atoms with van der Waals surface area (Å²) in [6, 6.07) is 87.2. The zero-order valence-electron chi connectivity index (χ0n) is 36.4. The van der Waals surface area contributed by atoms with E-state index in [0.717, 1.165) is 29.9 Å². The molecular formula is C63H49N. The van der Waals surface area contributed by atoms with Gasteiger partial charge in [0, 0.05) is 22.5 Å². The number of fused-ring (bicyclic) bond motifs is 4. The molecule has 306 valence electrons. The van der Waals surface area contributed by atoms with E-state index in [1.165, 1.54) is 88.7 Å². The third-order valence-corrected chi connectivity index (χ3v) is 13.4. The van der Waals surface area contributed by atoms with Crippen molar-refractivity contribution in [2.75, 3.05) is 4.90 Å². The van der Waals surface area contributed by atoms with Gasteiger partial charge in [-0.05, 0) is 144 Å². The molecule has 0 aromatic heterocycles. The fourth-order valence-electron chi connectivity index (χ4n) is 10.1. The van der Waals surface area contributed by atoms with E-state index < -0.39 is 0 Å². The van der Waals surface area contributed by atoms with Crippen LogP contribution in [0.25, 0.3) is 55.3 Å². The summed E-state index contributed by atoms with van der Waals surface area (Å²) >= 11 is 0. The number of hydrogen-bond donors (Lipinski definition) is 0. The van der Waals surface area contributed by atoms with Crippen LogP contribution in [0, 0.1) is 0 Å². The summed E-state index contributed by atoms with van der Waals surface area (Å²) in [4.78, 5) is 2.46. The predicted molar refractivity (Wildman–Crippen MR) is 271 cm³/mol. The second-order valence-electron chi connectivity index (χ2n) is 17.7. The molecule has 1 aliphatic rings. The van der Waals surface area contributed by atoms with Crippen molar-refractivity contribution in [3.8, 4) is 44.5 Å². The summed E-state index contributed by atoms with van der Waals surface area (Å²) in [7, 11) is 0. The van der Waals surface area contributed by atoms with Crippen molar-refractivity contribution in [3.05, 3.63) is 270 Å². The Kier molecular flexibility index (Phi) is 10.1. The first-order valence-corrected chi connectivity index (χ1v) is 22.5. The summed E-state index contributed by atoms with van der Waals surface area (Å²) in [6.07, 6.45) is 1.69. The molecule has 10 aromatic carbocycles. The maximum Gasteiger partial charge on any atom is 0.0465 e. The highest BCUT2D eigenvalue weighted by atomic mass is 15.1. The predicted octanol–water partition coefficient (Wildman–Crippen LogP) is 16.8. The van der Waals surface area contributed by atoms with Gasteiger partial charge in [0.15, 0.2) is 0 Å². The molecule has 0 amide bonds. The highest BCUT2D eigenvalue weighted by Gasteiger charge is 2.36. The van der Waals surface area contributed by atoms with Crippen LogP contribution in [0.2, 0.25) is 0 Å². The van der Waals surface area contributed by atoms with E-state index >= 15 is 0 Å². The van der Waals surface area contributed by atoms with E-state index in [9.17, 15) is 0 Å². The van der Waals surface area contributed by atoms with Crippen LogP contribution in [-0.2, 0) is 18.3 Å². The number of anilines is 3. The molecule has 1 heteroatoms. The van der Waals surface area contributed by atoms with Gasteiger partial charge in [-0.1, -0.05) is 208 Å². The van der Waals surface area contributed by atoms with Gasteiger partial charge in [-0.25, -0.2) is 0 Å². The van der Waals surface area contributed by atoms with Crippen molar-refractivity contribution in [3.63, 3.8) is 0 Å². The van der Waals surface area contributed by atoms with E-state index in [0.29, 0.717) is 0 Å². The van der Waals surface area contributed by atoms with Crippen molar-refractivity contribution in [2.45, 2.75) is 32.1 Å². The molecule has 0 radical (unpaired) electrons. The summed E-state index contributed by atoms with van der Waals surface area (Å²) in [5.41, 5.74) is 21.2. The molecular weight excluding hydrogens is 771 g/mol. The molecule has 0 N–H and O–H groups in total. The second-order valence-corrected chi connectivity index (χ2v) is 17.7. The molecule has 0 aliphatic heterocycles. The third kappa shape index (κ3) is 7.29. The van der Waals surface area contributed by atoms with Crippen LogP contribution in [0.3, 0.4) is 0 Å². The Hall–Kier alpha value is -7.74. The number of hydrogen-bond acceptors (Lipinski definition) is 1. The maximum atomic E-state index is 2.46. The molecule has 10 aromatic rings. The van der Waals surface area contributed by atoms with Crippen molar-refractivity contribution >= 4 is 27.8 Å². The monoisotopic (exact) mass is 819 g/mol. The van der Waals surface area contributed by atoms with Crippen molar-refractivity contribution in [2.24, 2.45) is 0 Å². The van der Waals surface area contributed by atoms with E-state index in [2.05, 4.69) is 255 Å². The maximum absolute atomic E-state index is 2.46. The third-order valence-electron chi connectivity index (χ3n) is 13.4. The molecule has 0 fully saturated rings. The lowest BCUT2D eigenvalue weighted by molar-refractivity contribution is 0.660. The van der Waals surface area contributed by atoms with E-state index in [4.69, 9.17) is 0 Å². The van der Waals surface area contributed by atoms with Gasteiger partial charge in [-0.3, -0.25) is 0 Å². The number of rotatable bonds is 10. The molecule has 0 heterocycles. The van der Waals surface area contributed by atoms with Crippen LogP contribution in [0.5, 0.6) is 0 Å². The summed E-state index contributed by atoms with van der Waals surface area (Å²) in [5.74, 6) is 0. The first kappa shape index (κ1) is 39.1. The quantitative estimate of drug-likeness (QED) is 0.133. The van der Waals surface area contributed by atoms with Crippen LogP contribution in [0.4, 0.5) is 17.1 Å². The Balaban J connectivity index is 1.04. The zero-order valence-corrected chi connectivity index (χ0v) is 36.4. The summed E-state index contributed by atoms with van der Waals surface area (Å²) < 4.78 is 0. The first-order valence-electron chi connectivity index (χ1n) is 22.5. The fourth-order valence-corrected chi connectivity index (χ4v) is 10.1. The van der Waals surface area contributed by atoms with Crippen LogP contribution >= 0.6 is 0 Å². The zero-order chi connectivity index (χ0) is 43.0. The lowest BCUT2D eigenvalue weighted by atomic mass is 9.81. The van der Waals surface area contributed by atoms with Gasteiger partial charge in [0.25, 0.3) is 0 Å². The highest BCUT2D eigenvalue weighted by Crippen LogP contribution is 2.52. The SMILES string of the molecule is CC1(C)c2cc(-c3cccc4ccccc34)ccc2-c2ccc(N(c3ccc(-c4ccccc4)cc3)c3ccc(-c4ccccc4Cc4ccccc4)c(Cc4ccccc4)c3)cc21. The summed E-state index contributed by atoms with van der Waals surface area (Å²) in [6.45, 7) is 4.79. The van der Waals surface area contributed by atoms with Gasteiger partial charge in [-0.2, -0.15) is 0 Å². The van der Waals surface area contributed by atoms with Gasteiger partial charge in [0.2, 0.25) is 0 Å². The van der Waals surface area contributed by atoms with E-state index in [1.54, 1.807) is 0 Å². The van der Waals surface area contributed by atoms with Gasteiger partial charge >= 0.3 is 0 Å². The molecule has 0 atom stereocenters. The minimum atomic E-state index is -0.213. The molecule has 1 aliphatic carbocycles. The fraction of sp³-hybridized carbons (Fsp3) is 0.0794. The molecule has 0 unspecified atom stereocenters. The topological polar surface area (TPSA) is 3.24 Å².